The van der Waals surface area contributed by atoms with Gasteiger partial charge < -0.3 is 29.7 Å². The van der Waals surface area contributed by atoms with Gasteiger partial charge in [0.25, 0.3) is 0 Å². The minimum atomic E-state index is -1.18. The average molecular weight is 429 g/mol. The summed E-state index contributed by atoms with van der Waals surface area (Å²) in [6.07, 6.45) is 0.613. The molecule has 166 valence electrons. The number of carbonyl (C=O) groups excluding carboxylic acids is 1. The van der Waals surface area contributed by atoms with Crippen LogP contribution in [-0.4, -0.2) is 53.6 Å². The molecular weight excluding hydrogens is 402 g/mol. The Morgan fingerprint density at radius 2 is 1.84 bits per heavy atom. The molecule has 1 fully saturated rings. The zero-order valence-electron chi connectivity index (χ0n) is 17.4. The van der Waals surface area contributed by atoms with Crippen molar-refractivity contribution in [3.8, 4) is 11.5 Å². The van der Waals surface area contributed by atoms with E-state index in [1.165, 1.54) is 6.92 Å². The first-order valence-electron chi connectivity index (χ1n) is 10.1. The van der Waals surface area contributed by atoms with Crippen LogP contribution in [0.2, 0.25) is 0 Å². The summed E-state index contributed by atoms with van der Waals surface area (Å²) in [5.74, 6) is -0.00589. The van der Waals surface area contributed by atoms with Gasteiger partial charge in [0.2, 0.25) is 5.91 Å². The first kappa shape index (κ1) is 22.6. The standard InChI is InChI=1S/C23H27NO7/c1-16(25)24-18-6-8-20(9-7-18)29-14-19(26)15-30-21-5-2-4-17(12-21)13-23(22(27)28)10-3-11-31-23/h2,4-9,12,19,26H,3,10-11,13-15H2,1H3,(H,24,25)(H,27,28). The van der Waals surface area contributed by atoms with E-state index in [0.717, 1.165) is 12.0 Å². The average Bonchev–Trinajstić information content (AvgIpc) is 3.21. The second-order valence-electron chi connectivity index (χ2n) is 7.56. The molecule has 2 aromatic rings. The van der Waals surface area contributed by atoms with Gasteiger partial charge in [-0.05, 0) is 54.8 Å². The molecule has 0 bridgehead atoms. The number of anilines is 1. The topological polar surface area (TPSA) is 114 Å². The number of benzene rings is 2. The highest BCUT2D eigenvalue weighted by molar-refractivity contribution is 5.88. The minimum Gasteiger partial charge on any atom is -0.491 e. The lowest BCUT2D eigenvalue weighted by molar-refractivity contribution is -0.159. The van der Waals surface area contributed by atoms with E-state index in [9.17, 15) is 19.8 Å². The molecule has 1 aliphatic rings. The number of rotatable bonds is 10. The summed E-state index contributed by atoms with van der Waals surface area (Å²) in [6, 6.07) is 14.0. The lowest BCUT2D eigenvalue weighted by Crippen LogP contribution is -2.40. The Kier molecular flexibility index (Phi) is 7.49. The second-order valence-corrected chi connectivity index (χ2v) is 7.56. The highest BCUT2D eigenvalue weighted by atomic mass is 16.5. The summed E-state index contributed by atoms with van der Waals surface area (Å²) in [6.45, 7) is 1.94. The molecule has 8 nitrogen and oxygen atoms in total. The highest BCUT2D eigenvalue weighted by Gasteiger charge is 2.42. The Bertz CT molecular complexity index is 891. The molecule has 1 heterocycles. The van der Waals surface area contributed by atoms with Crippen molar-refractivity contribution in [1.82, 2.24) is 0 Å². The predicted octanol–water partition coefficient (Wildman–Crippen LogP) is 2.64. The van der Waals surface area contributed by atoms with Crippen LogP contribution in [0, 0.1) is 0 Å². The van der Waals surface area contributed by atoms with Crippen LogP contribution in [0.1, 0.15) is 25.3 Å². The fourth-order valence-electron chi connectivity index (χ4n) is 3.43. The summed E-state index contributed by atoms with van der Waals surface area (Å²) in [5.41, 5.74) is 0.282. The van der Waals surface area contributed by atoms with Crippen molar-refractivity contribution in [3.63, 3.8) is 0 Å². The molecule has 3 rings (SSSR count). The van der Waals surface area contributed by atoms with Gasteiger partial charge in [-0.15, -0.1) is 0 Å². The number of amides is 1. The SMILES string of the molecule is CC(=O)Nc1ccc(OCC(O)COc2cccc(CC3(C(=O)O)CCCO3)c2)cc1. The van der Waals surface area contributed by atoms with Crippen molar-refractivity contribution in [2.75, 3.05) is 25.1 Å². The molecule has 2 atom stereocenters. The van der Waals surface area contributed by atoms with Crippen LogP contribution in [-0.2, 0) is 20.7 Å². The third-order valence-corrected chi connectivity index (χ3v) is 4.94. The minimum absolute atomic E-state index is 0.0218. The molecule has 2 aromatic carbocycles. The molecule has 0 aromatic heterocycles. The lowest BCUT2D eigenvalue weighted by Gasteiger charge is -2.23. The first-order valence-corrected chi connectivity index (χ1v) is 10.1. The van der Waals surface area contributed by atoms with Crippen molar-refractivity contribution in [1.29, 1.82) is 0 Å². The van der Waals surface area contributed by atoms with Gasteiger partial charge in [-0.2, -0.15) is 0 Å². The number of carboxylic acid groups (broad SMARTS) is 1. The van der Waals surface area contributed by atoms with Crippen molar-refractivity contribution in [2.45, 2.75) is 37.9 Å². The summed E-state index contributed by atoms with van der Waals surface area (Å²) >= 11 is 0. The molecular formula is C23H27NO7. The van der Waals surface area contributed by atoms with Crippen LogP contribution < -0.4 is 14.8 Å². The number of hydrogen-bond donors (Lipinski definition) is 3. The number of aliphatic carboxylic acids is 1. The van der Waals surface area contributed by atoms with Crippen molar-refractivity contribution in [3.05, 3.63) is 54.1 Å². The molecule has 2 unspecified atom stereocenters. The maximum atomic E-state index is 11.7. The Morgan fingerprint density at radius 1 is 1.13 bits per heavy atom. The fourth-order valence-corrected chi connectivity index (χ4v) is 3.43. The maximum absolute atomic E-state index is 11.7. The van der Waals surface area contributed by atoms with E-state index >= 15 is 0 Å². The van der Waals surface area contributed by atoms with E-state index < -0.39 is 17.7 Å². The Hall–Kier alpha value is -3.10. The van der Waals surface area contributed by atoms with Crippen LogP contribution in [0.4, 0.5) is 5.69 Å². The van der Waals surface area contributed by atoms with Gasteiger partial charge in [-0.3, -0.25) is 4.79 Å². The Labute approximate surface area is 180 Å². The lowest BCUT2D eigenvalue weighted by atomic mass is 9.91. The maximum Gasteiger partial charge on any atom is 0.336 e. The van der Waals surface area contributed by atoms with Crippen molar-refractivity contribution < 1.29 is 34.0 Å². The quantitative estimate of drug-likeness (QED) is 0.532. The molecule has 1 amide bonds. The van der Waals surface area contributed by atoms with E-state index in [1.54, 1.807) is 42.5 Å². The smallest absolute Gasteiger partial charge is 0.336 e. The molecule has 0 saturated carbocycles. The van der Waals surface area contributed by atoms with Gasteiger partial charge in [0.05, 0.1) is 0 Å². The zero-order valence-corrected chi connectivity index (χ0v) is 17.4. The summed E-state index contributed by atoms with van der Waals surface area (Å²) < 4.78 is 16.7. The number of carbonyl (C=O) groups is 2. The second kappa shape index (κ2) is 10.3. The Balaban J connectivity index is 1.48. The monoisotopic (exact) mass is 429 g/mol. The van der Waals surface area contributed by atoms with E-state index in [0.29, 0.717) is 30.2 Å². The van der Waals surface area contributed by atoms with E-state index in [4.69, 9.17) is 14.2 Å². The first-order chi connectivity index (χ1) is 14.9. The van der Waals surface area contributed by atoms with Crippen LogP contribution >= 0.6 is 0 Å². The van der Waals surface area contributed by atoms with Gasteiger partial charge in [0, 0.05) is 25.6 Å². The molecule has 0 aliphatic carbocycles. The largest absolute Gasteiger partial charge is 0.491 e. The van der Waals surface area contributed by atoms with Crippen molar-refractivity contribution >= 4 is 17.6 Å². The fraction of sp³-hybridized carbons (Fsp3) is 0.391. The van der Waals surface area contributed by atoms with Gasteiger partial charge in [-0.1, -0.05) is 12.1 Å². The zero-order chi connectivity index (χ0) is 22.3. The van der Waals surface area contributed by atoms with Crippen LogP contribution in [0.5, 0.6) is 11.5 Å². The molecule has 8 heteroatoms. The van der Waals surface area contributed by atoms with Crippen LogP contribution in [0.25, 0.3) is 0 Å². The number of ether oxygens (including phenoxy) is 3. The number of carboxylic acids is 1. The third-order valence-electron chi connectivity index (χ3n) is 4.94. The highest BCUT2D eigenvalue weighted by Crippen LogP contribution is 2.31. The van der Waals surface area contributed by atoms with Crippen LogP contribution in [0.15, 0.2) is 48.5 Å². The summed E-state index contributed by atoms with van der Waals surface area (Å²) in [7, 11) is 0. The normalized spacial score (nSPS) is 18.9. The molecule has 3 N–H and O–H groups in total. The molecule has 1 aliphatic heterocycles. The van der Waals surface area contributed by atoms with E-state index in [2.05, 4.69) is 5.32 Å². The molecule has 0 radical (unpaired) electrons. The van der Waals surface area contributed by atoms with Gasteiger partial charge >= 0.3 is 5.97 Å². The van der Waals surface area contributed by atoms with Gasteiger partial charge in [0.15, 0.2) is 5.60 Å². The Morgan fingerprint density at radius 3 is 2.45 bits per heavy atom. The number of aliphatic hydroxyl groups excluding tert-OH is 1. The molecule has 1 saturated heterocycles. The number of hydrogen-bond acceptors (Lipinski definition) is 6. The summed E-state index contributed by atoms with van der Waals surface area (Å²) in [4.78, 5) is 22.7. The van der Waals surface area contributed by atoms with Crippen molar-refractivity contribution in [2.24, 2.45) is 0 Å². The third kappa shape index (κ3) is 6.44. The number of aliphatic hydroxyl groups is 1. The molecule has 0 spiro atoms. The number of nitrogens with one attached hydrogen (secondary N) is 1. The van der Waals surface area contributed by atoms with Gasteiger partial charge in [-0.25, -0.2) is 4.79 Å². The molecule has 31 heavy (non-hydrogen) atoms. The van der Waals surface area contributed by atoms with E-state index in [1.807, 2.05) is 6.07 Å². The van der Waals surface area contributed by atoms with Crippen LogP contribution in [0.3, 0.4) is 0 Å². The van der Waals surface area contributed by atoms with E-state index in [-0.39, 0.29) is 25.5 Å². The predicted molar refractivity (Wildman–Crippen MR) is 113 cm³/mol. The van der Waals surface area contributed by atoms with Gasteiger partial charge in [0.1, 0.15) is 30.8 Å². The summed E-state index contributed by atoms with van der Waals surface area (Å²) in [5, 5.41) is 22.4.